The van der Waals surface area contributed by atoms with Gasteiger partial charge in [0.25, 0.3) is 0 Å². The van der Waals surface area contributed by atoms with Gasteiger partial charge in [0, 0.05) is 41.8 Å². The van der Waals surface area contributed by atoms with Crippen LogP contribution in [0.1, 0.15) is 101 Å². The zero-order valence-corrected chi connectivity index (χ0v) is 37.0. The molecule has 5 aromatic carbocycles. The number of hydrogen-bond acceptors (Lipinski definition) is 7. The van der Waals surface area contributed by atoms with Gasteiger partial charge in [-0.2, -0.15) is 0 Å². The predicted molar refractivity (Wildman–Crippen MR) is 247 cm³/mol. The summed E-state index contributed by atoms with van der Waals surface area (Å²) in [4.78, 5) is 29.3. The summed E-state index contributed by atoms with van der Waals surface area (Å²) in [6.07, 6.45) is 5.59. The second-order valence-electron chi connectivity index (χ2n) is 18.5. The molecule has 3 fully saturated rings. The molecule has 4 N–H and O–H groups in total. The van der Waals surface area contributed by atoms with Crippen LogP contribution in [0.2, 0.25) is 0 Å². The number of piperidine rings is 1. The molecule has 5 aromatic rings. The number of nitrogens with zero attached hydrogens (tertiary/aromatic N) is 1. The average molecular weight is 851 g/mol. The number of hydrogen-bond donors (Lipinski definition) is 4. The molecule has 63 heavy (non-hydrogen) atoms. The lowest BCUT2D eigenvalue weighted by Crippen LogP contribution is -2.61. The number of benzene rings is 5. The highest BCUT2D eigenvalue weighted by atomic mass is 16.7. The first-order valence-corrected chi connectivity index (χ1v) is 22.6. The van der Waals surface area contributed by atoms with Gasteiger partial charge in [0.2, 0.25) is 5.91 Å². The molecule has 0 spiro atoms. The maximum absolute atomic E-state index is 13.9. The molecule has 2 saturated heterocycles. The van der Waals surface area contributed by atoms with Crippen molar-refractivity contribution >= 4 is 17.6 Å². The summed E-state index contributed by atoms with van der Waals surface area (Å²) in [5, 5.41) is 19.0. The van der Waals surface area contributed by atoms with E-state index < -0.39 is 6.29 Å². The molecule has 3 amide bonds. The number of carbonyl (C=O) groups excluding carboxylic acids is 2. The second-order valence-corrected chi connectivity index (χ2v) is 18.5. The second kappa shape index (κ2) is 19.9. The number of rotatable bonds is 12. The lowest BCUT2D eigenvalue weighted by Gasteiger charge is -2.51. The standard InChI is InChI=1S/C53H62N4O6/c1-35-48(33-57-46-16-9-8-12-39(46)25-30-47(57)50(59)56-53(2,3)4)62-51(63-49(35)40-19-17-36(34-58)18-20-40)41-23-21-38(22-24-41)42-13-10-11-37(31-42)32-54-52(60)55-43-26-28-45(29-27-43)61-44-14-6-5-7-15-44/h5-7,10-11,13-15,17-24,26-29,31,35,39,46-49,51,58H,8-9,12,16,25,30,32-34H2,1-4H3,(H,56,59)(H2,54,55,60)/t35-,39-,46-,47-,48+,49+,51+/m1/s1. The van der Waals surface area contributed by atoms with E-state index in [1.165, 1.54) is 19.3 Å². The van der Waals surface area contributed by atoms with Crippen molar-refractivity contribution in [1.29, 1.82) is 0 Å². The number of ether oxygens (including phenoxy) is 3. The van der Waals surface area contributed by atoms with Crippen molar-refractivity contribution in [3.8, 4) is 22.6 Å². The first kappa shape index (κ1) is 44.1. The zero-order valence-electron chi connectivity index (χ0n) is 37.0. The monoisotopic (exact) mass is 850 g/mol. The summed E-state index contributed by atoms with van der Waals surface area (Å²) in [5.41, 5.74) is 6.18. The van der Waals surface area contributed by atoms with Gasteiger partial charge in [0.1, 0.15) is 11.5 Å². The summed E-state index contributed by atoms with van der Waals surface area (Å²) in [6, 6.07) is 41.2. The Morgan fingerprint density at radius 3 is 2.19 bits per heavy atom. The van der Waals surface area contributed by atoms with Crippen LogP contribution in [0.4, 0.5) is 10.5 Å². The van der Waals surface area contributed by atoms with E-state index in [4.69, 9.17) is 14.2 Å². The van der Waals surface area contributed by atoms with Gasteiger partial charge < -0.3 is 35.3 Å². The molecule has 3 aliphatic rings. The Balaban J connectivity index is 0.957. The highest BCUT2D eigenvalue weighted by Crippen LogP contribution is 2.45. The van der Waals surface area contributed by atoms with E-state index in [2.05, 4.69) is 97.1 Å². The summed E-state index contributed by atoms with van der Waals surface area (Å²) >= 11 is 0. The number of aliphatic hydroxyl groups is 1. The Labute approximate surface area is 372 Å². The van der Waals surface area contributed by atoms with Crippen LogP contribution in [0.3, 0.4) is 0 Å². The maximum atomic E-state index is 13.9. The van der Waals surface area contributed by atoms with E-state index in [-0.39, 0.29) is 48.3 Å². The lowest BCUT2D eigenvalue weighted by atomic mass is 9.75. The fraction of sp³-hybridized carbons (Fsp3) is 0.396. The first-order chi connectivity index (χ1) is 30.5. The third kappa shape index (κ3) is 11.2. The van der Waals surface area contributed by atoms with Crippen molar-refractivity contribution in [2.45, 2.75) is 115 Å². The van der Waals surface area contributed by atoms with Crippen LogP contribution in [0.15, 0.2) is 127 Å². The Morgan fingerprint density at radius 1 is 0.746 bits per heavy atom. The van der Waals surface area contributed by atoms with Crippen molar-refractivity contribution in [2.24, 2.45) is 11.8 Å². The van der Waals surface area contributed by atoms with Crippen LogP contribution in [0.5, 0.6) is 11.5 Å². The first-order valence-electron chi connectivity index (χ1n) is 22.6. The van der Waals surface area contributed by atoms with Crippen LogP contribution in [-0.4, -0.2) is 52.2 Å². The van der Waals surface area contributed by atoms with Crippen LogP contribution in [0, 0.1) is 11.8 Å². The molecule has 0 aromatic heterocycles. The molecule has 1 saturated carbocycles. The minimum Gasteiger partial charge on any atom is -0.457 e. The third-order valence-corrected chi connectivity index (χ3v) is 12.8. The molecule has 10 heteroatoms. The van der Waals surface area contributed by atoms with E-state index in [0.717, 1.165) is 58.4 Å². The molecule has 330 valence electrons. The number of fused-ring (bicyclic) bond motifs is 1. The van der Waals surface area contributed by atoms with Gasteiger partial charge in [-0.1, -0.05) is 105 Å². The summed E-state index contributed by atoms with van der Waals surface area (Å²) in [7, 11) is 0. The molecular weight excluding hydrogens is 789 g/mol. The predicted octanol–water partition coefficient (Wildman–Crippen LogP) is 10.7. The van der Waals surface area contributed by atoms with Gasteiger partial charge in [-0.15, -0.1) is 0 Å². The third-order valence-electron chi connectivity index (χ3n) is 12.8. The van der Waals surface area contributed by atoms with E-state index in [0.29, 0.717) is 36.5 Å². The fourth-order valence-corrected chi connectivity index (χ4v) is 9.55. The topological polar surface area (TPSA) is 121 Å². The van der Waals surface area contributed by atoms with E-state index in [1.54, 1.807) is 0 Å². The van der Waals surface area contributed by atoms with Crippen molar-refractivity contribution in [3.63, 3.8) is 0 Å². The number of nitrogens with one attached hydrogen (secondary N) is 3. The summed E-state index contributed by atoms with van der Waals surface area (Å²) < 4.78 is 19.7. The molecule has 2 aliphatic heterocycles. The fourth-order valence-electron chi connectivity index (χ4n) is 9.55. The smallest absolute Gasteiger partial charge is 0.319 e. The minimum atomic E-state index is -0.627. The molecule has 7 atom stereocenters. The zero-order chi connectivity index (χ0) is 43.9. The van der Waals surface area contributed by atoms with Gasteiger partial charge in [-0.05, 0) is 123 Å². The molecule has 0 unspecified atom stereocenters. The Morgan fingerprint density at radius 2 is 1.46 bits per heavy atom. The number of aliphatic hydroxyl groups excluding tert-OH is 1. The largest absolute Gasteiger partial charge is 0.457 e. The minimum absolute atomic E-state index is 0.00528. The summed E-state index contributed by atoms with van der Waals surface area (Å²) in [5.74, 6) is 2.13. The highest BCUT2D eigenvalue weighted by molar-refractivity contribution is 5.89. The van der Waals surface area contributed by atoms with Gasteiger partial charge in [-0.3, -0.25) is 9.69 Å². The van der Waals surface area contributed by atoms with Crippen molar-refractivity contribution in [2.75, 3.05) is 11.9 Å². The van der Waals surface area contributed by atoms with Gasteiger partial charge in [0.15, 0.2) is 6.29 Å². The molecule has 1 aliphatic carbocycles. The number of urea groups is 1. The number of likely N-dealkylation sites (tertiary alicyclic amines) is 1. The number of amides is 3. The molecule has 2 heterocycles. The van der Waals surface area contributed by atoms with Gasteiger partial charge in [0.05, 0.1) is 24.9 Å². The van der Waals surface area contributed by atoms with Gasteiger partial charge >= 0.3 is 6.03 Å². The number of para-hydroxylation sites is 1. The Hall–Kier alpha value is -5.52. The highest BCUT2D eigenvalue weighted by Gasteiger charge is 2.46. The molecule has 10 nitrogen and oxygen atoms in total. The SMILES string of the molecule is C[C@@H]1[C@H](CN2[C@@H](C(=O)NC(C)(C)C)CC[C@H]3CCCC[C@H]32)O[C@H](c2ccc(-c3cccc(CNC(=O)Nc4ccc(Oc5ccccc5)cc4)c3)cc2)O[C@@H]1c1ccc(CO)cc1. The van der Waals surface area contributed by atoms with Crippen LogP contribution in [0.25, 0.3) is 11.1 Å². The van der Waals surface area contributed by atoms with Crippen molar-refractivity contribution in [1.82, 2.24) is 15.5 Å². The number of carbonyl (C=O) groups is 2. The molecule has 8 rings (SSSR count). The Kier molecular flexibility index (Phi) is 13.9. The molecule has 0 radical (unpaired) electrons. The van der Waals surface area contributed by atoms with E-state index in [9.17, 15) is 14.7 Å². The van der Waals surface area contributed by atoms with Crippen molar-refractivity contribution < 1.29 is 28.9 Å². The normalized spacial score (nSPS) is 23.9. The lowest BCUT2D eigenvalue weighted by molar-refractivity contribution is -0.278. The number of anilines is 1. The molecule has 0 bridgehead atoms. The molecular formula is C53H62N4O6. The van der Waals surface area contributed by atoms with Crippen molar-refractivity contribution in [3.05, 3.63) is 150 Å². The quantitative estimate of drug-likeness (QED) is 0.0986. The van der Waals surface area contributed by atoms with Crippen LogP contribution >= 0.6 is 0 Å². The summed E-state index contributed by atoms with van der Waals surface area (Å²) in [6.45, 7) is 9.33. The van der Waals surface area contributed by atoms with Crippen LogP contribution < -0.4 is 20.7 Å². The van der Waals surface area contributed by atoms with Gasteiger partial charge in [-0.25, -0.2) is 4.79 Å². The maximum Gasteiger partial charge on any atom is 0.319 e. The Bertz CT molecular complexity index is 2280. The van der Waals surface area contributed by atoms with E-state index >= 15 is 0 Å². The van der Waals surface area contributed by atoms with Crippen LogP contribution in [-0.2, 0) is 27.4 Å². The average Bonchev–Trinajstić information content (AvgIpc) is 3.29. The van der Waals surface area contributed by atoms with E-state index in [1.807, 2.05) is 78.9 Å².